The van der Waals surface area contributed by atoms with E-state index in [4.69, 9.17) is 4.74 Å². The molecule has 0 aromatic carbocycles. The van der Waals surface area contributed by atoms with E-state index >= 15 is 0 Å². The minimum absolute atomic E-state index is 0. The van der Waals surface area contributed by atoms with Crippen LogP contribution in [0.4, 0.5) is 13.2 Å². The molecule has 1 aromatic rings. The fourth-order valence-corrected chi connectivity index (χ4v) is 3.02. The molecule has 2 heterocycles. The third-order valence-corrected chi connectivity index (χ3v) is 4.36. The van der Waals surface area contributed by atoms with E-state index in [2.05, 4.69) is 32.4 Å². The highest BCUT2D eigenvalue weighted by molar-refractivity contribution is 14.0. The first kappa shape index (κ1) is 24.7. The van der Waals surface area contributed by atoms with Crippen LogP contribution in [0.1, 0.15) is 31.7 Å². The molecule has 0 saturated carbocycles. The van der Waals surface area contributed by atoms with Gasteiger partial charge in [0.25, 0.3) is 0 Å². The van der Waals surface area contributed by atoms with E-state index in [9.17, 15) is 13.2 Å². The Labute approximate surface area is 181 Å². The van der Waals surface area contributed by atoms with Crippen molar-refractivity contribution in [1.82, 2.24) is 20.5 Å². The number of ether oxygens (including phenoxy) is 1. The number of aliphatic imine (C=N–C) groups is 1. The number of nitrogens with zero attached hydrogens (tertiary/aromatic N) is 3. The van der Waals surface area contributed by atoms with E-state index in [1.54, 1.807) is 19.2 Å². The number of likely N-dealkylation sites (tertiary alicyclic amines) is 1. The largest absolute Gasteiger partial charge is 0.468 e. The smallest absolute Gasteiger partial charge is 0.422 e. The number of halogens is 4. The van der Waals surface area contributed by atoms with Gasteiger partial charge in [-0.05, 0) is 31.9 Å². The van der Waals surface area contributed by atoms with Gasteiger partial charge < -0.3 is 20.3 Å². The molecule has 6 nitrogen and oxygen atoms in total. The standard InChI is InChI=1S/C18H28F3N5O.HI/c1-3-9-26-10-6-15(7-11-26)25-17(22-2)24-12-14-5-4-8-23-16(14)27-13-18(19,20)21;/h4-5,8,15H,3,6-7,9-13H2,1-2H3,(H2,22,24,25);1H. The Bertz CT molecular complexity index is 607. The van der Waals surface area contributed by atoms with Gasteiger partial charge in [-0.15, -0.1) is 24.0 Å². The Morgan fingerprint density at radius 1 is 1.36 bits per heavy atom. The molecule has 1 aliphatic heterocycles. The Morgan fingerprint density at radius 3 is 2.68 bits per heavy atom. The van der Waals surface area contributed by atoms with Gasteiger partial charge in [0, 0.05) is 44.5 Å². The summed E-state index contributed by atoms with van der Waals surface area (Å²) >= 11 is 0. The van der Waals surface area contributed by atoms with E-state index in [1.807, 2.05) is 0 Å². The summed E-state index contributed by atoms with van der Waals surface area (Å²) in [6, 6.07) is 3.68. The maximum Gasteiger partial charge on any atom is 0.422 e. The van der Waals surface area contributed by atoms with Crippen molar-refractivity contribution in [3.8, 4) is 5.88 Å². The van der Waals surface area contributed by atoms with Gasteiger partial charge in [0.15, 0.2) is 12.6 Å². The second-order valence-electron chi connectivity index (χ2n) is 6.56. The predicted octanol–water partition coefficient (Wildman–Crippen LogP) is 3.18. The van der Waals surface area contributed by atoms with Crippen LogP contribution >= 0.6 is 24.0 Å². The highest BCUT2D eigenvalue weighted by Crippen LogP contribution is 2.20. The van der Waals surface area contributed by atoms with Crippen molar-refractivity contribution in [3.05, 3.63) is 23.9 Å². The number of hydrogen-bond acceptors (Lipinski definition) is 4. The van der Waals surface area contributed by atoms with Gasteiger partial charge in [-0.2, -0.15) is 13.2 Å². The molecule has 1 saturated heterocycles. The average molecular weight is 515 g/mol. The van der Waals surface area contributed by atoms with E-state index in [1.165, 1.54) is 6.20 Å². The van der Waals surface area contributed by atoms with Crippen LogP contribution in [0.15, 0.2) is 23.3 Å². The summed E-state index contributed by atoms with van der Waals surface area (Å²) in [4.78, 5) is 10.6. The SMILES string of the molecule is CCCN1CCC(NC(=NC)NCc2cccnc2OCC(F)(F)F)CC1.I. The molecule has 0 amide bonds. The number of aromatic nitrogens is 1. The number of pyridine rings is 1. The maximum absolute atomic E-state index is 12.4. The zero-order chi connectivity index (χ0) is 19.7. The molecule has 2 N–H and O–H groups in total. The van der Waals surface area contributed by atoms with Crippen LogP contribution in [0.3, 0.4) is 0 Å². The molecular formula is C18H29F3IN5O. The normalized spacial score (nSPS) is 16.4. The topological polar surface area (TPSA) is 61.8 Å². The minimum atomic E-state index is -4.40. The maximum atomic E-state index is 12.4. The molecule has 0 unspecified atom stereocenters. The number of piperidine rings is 1. The van der Waals surface area contributed by atoms with Gasteiger partial charge in [-0.3, -0.25) is 4.99 Å². The van der Waals surface area contributed by atoms with Crippen LogP contribution in [0.5, 0.6) is 5.88 Å². The van der Waals surface area contributed by atoms with Crippen molar-refractivity contribution in [3.63, 3.8) is 0 Å². The van der Waals surface area contributed by atoms with E-state index in [-0.39, 0.29) is 36.4 Å². The second-order valence-corrected chi connectivity index (χ2v) is 6.56. The average Bonchev–Trinajstić information content (AvgIpc) is 2.65. The van der Waals surface area contributed by atoms with Crippen LogP contribution in [-0.4, -0.2) is 61.4 Å². The Kier molecular flexibility index (Phi) is 10.9. The third kappa shape index (κ3) is 8.80. The molecule has 0 spiro atoms. The van der Waals surface area contributed by atoms with Crippen molar-refractivity contribution in [1.29, 1.82) is 0 Å². The van der Waals surface area contributed by atoms with E-state index in [0.717, 1.165) is 38.9 Å². The van der Waals surface area contributed by atoms with Crippen molar-refractivity contribution in [2.45, 2.75) is 44.9 Å². The van der Waals surface area contributed by atoms with Crippen molar-refractivity contribution in [2.75, 3.05) is 33.3 Å². The van der Waals surface area contributed by atoms with Gasteiger partial charge in [0.1, 0.15) is 0 Å². The first-order valence-corrected chi connectivity index (χ1v) is 9.24. The molecule has 1 aliphatic rings. The van der Waals surface area contributed by atoms with Crippen LogP contribution in [0.2, 0.25) is 0 Å². The first-order valence-electron chi connectivity index (χ1n) is 9.24. The molecule has 160 valence electrons. The van der Waals surface area contributed by atoms with Crippen molar-refractivity contribution in [2.24, 2.45) is 4.99 Å². The van der Waals surface area contributed by atoms with Gasteiger partial charge in [0.05, 0.1) is 0 Å². The van der Waals surface area contributed by atoms with Gasteiger partial charge in [-0.1, -0.05) is 13.0 Å². The van der Waals surface area contributed by atoms with Crippen LogP contribution in [-0.2, 0) is 6.54 Å². The predicted molar refractivity (Wildman–Crippen MR) is 114 cm³/mol. The molecule has 10 heteroatoms. The summed E-state index contributed by atoms with van der Waals surface area (Å²) in [6.45, 7) is 4.33. The molecule has 0 atom stereocenters. The lowest BCUT2D eigenvalue weighted by Gasteiger charge is -2.32. The summed E-state index contributed by atoms with van der Waals surface area (Å²) in [5.74, 6) is 0.597. The quantitative estimate of drug-likeness (QED) is 0.332. The van der Waals surface area contributed by atoms with Crippen LogP contribution in [0.25, 0.3) is 0 Å². The Morgan fingerprint density at radius 2 is 2.07 bits per heavy atom. The monoisotopic (exact) mass is 515 g/mol. The van der Waals surface area contributed by atoms with Crippen molar-refractivity contribution < 1.29 is 17.9 Å². The highest BCUT2D eigenvalue weighted by atomic mass is 127. The molecule has 0 aliphatic carbocycles. The zero-order valence-electron chi connectivity index (χ0n) is 16.3. The zero-order valence-corrected chi connectivity index (χ0v) is 18.6. The first-order chi connectivity index (χ1) is 12.9. The summed E-state index contributed by atoms with van der Waals surface area (Å²) in [5.41, 5.74) is 0.544. The number of hydrogen-bond donors (Lipinski definition) is 2. The fraction of sp³-hybridized carbons (Fsp3) is 0.667. The number of guanidine groups is 1. The molecule has 2 rings (SSSR count). The third-order valence-electron chi connectivity index (χ3n) is 4.36. The Balaban J connectivity index is 0.00000392. The second kappa shape index (κ2) is 12.3. The van der Waals surface area contributed by atoms with Gasteiger partial charge in [-0.25, -0.2) is 4.98 Å². The highest BCUT2D eigenvalue weighted by Gasteiger charge is 2.29. The van der Waals surface area contributed by atoms with Gasteiger partial charge >= 0.3 is 6.18 Å². The molecule has 1 aromatic heterocycles. The lowest BCUT2D eigenvalue weighted by molar-refractivity contribution is -0.154. The summed E-state index contributed by atoms with van der Waals surface area (Å²) < 4.78 is 41.9. The summed E-state index contributed by atoms with van der Waals surface area (Å²) in [7, 11) is 1.67. The van der Waals surface area contributed by atoms with E-state index in [0.29, 0.717) is 17.6 Å². The van der Waals surface area contributed by atoms with Gasteiger partial charge in [0.2, 0.25) is 5.88 Å². The Hall–Kier alpha value is -1.30. The minimum Gasteiger partial charge on any atom is -0.468 e. The number of alkyl halides is 3. The van der Waals surface area contributed by atoms with E-state index < -0.39 is 12.8 Å². The van der Waals surface area contributed by atoms with Crippen LogP contribution in [0, 0.1) is 0 Å². The molecule has 28 heavy (non-hydrogen) atoms. The number of nitrogens with one attached hydrogen (secondary N) is 2. The lowest BCUT2D eigenvalue weighted by atomic mass is 10.1. The summed E-state index contributed by atoms with van der Waals surface area (Å²) in [5, 5.41) is 6.52. The molecule has 0 radical (unpaired) electrons. The fourth-order valence-electron chi connectivity index (χ4n) is 3.02. The number of rotatable bonds is 7. The lowest BCUT2D eigenvalue weighted by Crippen LogP contribution is -2.48. The summed E-state index contributed by atoms with van der Waals surface area (Å²) in [6.07, 6.45) is 0.241. The molecule has 1 fully saturated rings. The molecular weight excluding hydrogens is 486 g/mol. The molecule has 0 bridgehead atoms. The van der Waals surface area contributed by atoms with Crippen molar-refractivity contribution >= 4 is 29.9 Å². The van der Waals surface area contributed by atoms with Crippen LogP contribution < -0.4 is 15.4 Å².